The maximum atomic E-state index is 5.54. The highest BCUT2D eigenvalue weighted by molar-refractivity contribution is 5.86. The molecule has 4 heterocycles. The Balaban J connectivity index is 1.37. The van der Waals surface area contributed by atoms with Crippen LogP contribution in [0.1, 0.15) is 5.69 Å². The summed E-state index contributed by atoms with van der Waals surface area (Å²) >= 11 is 0. The number of morpholine rings is 1. The van der Waals surface area contributed by atoms with E-state index in [1.807, 2.05) is 37.1 Å². The first-order chi connectivity index (χ1) is 17.1. The lowest BCUT2D eigenvalue weighted by Gasteiger charge is -2.27. The number of fused-ring (bicyclic) bond motifs is 1. The molecular formula is C27H27N7O. The quantitative estimate of drug-likeness (QED) is 0.384. The van der Waals surface area contributed by atoms with Gasteiger partial charge < -0.3 is 19.9 Å². The third-order valence-corrected chi connectivity index (χ3v) is 6.43. The molecule has 0 bridgehead atoms. The fourth-order valence-corrected chi connectivity index (χ4v) is 4.55. The van der Waals surface area contributed by atoms with Crippen LogP contribution in [0.4, 0.5) is 17.5 Å². The second-order valence-corrected chi connectivity index (χ2v) is 8.78. The van der Waals surface area contributed by atoms with Gasteiger partial charge in [-0.25, -0.2) is 4.98 Å². The van der Waals surface area contributed by atoms with Crippen molar-refractivity contribution < 1.29 is 4.74 Å². The average molecular weight is 466 g/mol. The van der Waals surface area contributed by atoms with E-state index in [0.29, 0.717) is 19.2 Å². The number of aryl methyl sites for hydroxylation is 2. The van der Waals surface area contributed by atoms with Crippen molar-refractivity contribution in [3.8, 4) is 22.4 Å². The van der Waals surface area contributed by atoms with Crippen molar-refractivity contribution in [2.24, 2.45) is 7.05 Å². The van der Waals surface area contributed by atoms with Gasteiger partial charge in [-0.15, -0.1) is 0 Å². The van der Waals surface area contributed by atoms with Crippen molar-refractivity contribution in [2.45, 2.75) is 6.92 Å². The second-order valence-electron chi connectivity index (χ2n) is 8.78. The first-order valence-electron chi connectivity index (χ1n) is 11.8. The lowest BCUT2D eigenvalue weighted by atomic mass is 10.1. The Morgan fingerprint density at radius 1 is 0.914 bits per heavy atom. The molecule has 0 unspecified atom stereocenters. The van der Waals surface area contributed by atoms with E-state index in [0.717, 1.165) is 63.6 Å². The summed E-state index contributed by atoms with van der Waals surface area (Å²) in [4.78, 5) is 15.1. The molecule has 2 N–H and O–H groups in total. The molecule has 1 aliphatic rings. The number of nitrogens with one attached hydrogen (secondary N) is 2. The summed E-state index contributed by atoms with van der Waals surface area (Å²) in [5, 5.41) is 9.20. The maximum Gasteiger partial charge on any atom is 0.228 e. The number of nitrogens with zero attached hydrogens (tertiary/aromatic N) is 5. The van der Waals surface area contributed by atoms with Crippen LogP contribution >= 0.6 is 0 Å². The summed E-state index contributed by atoms with van der Waals surface area (Å²) in [7, 11) is 1.97. The lowest BCUT2D eigenvalue weighted by Crippen LogP contribution is -2.37. The zero-order chi connectivity index (χ0) is 23.8. The van der Waals surface area contributed by atoms with Crippen LogP contribution in [0, 0.1) is 6.92 Å². The number of rotatable bonds is 5. The SMILES string of the molecule is Cc1nn(C)c2cc(-c3cc(Nc4ccc(-c5cc[nH]c5)cc4)nc(N4CCOCC4)n3)ccc12. The molecule has 5 aromatic rings. The van der Waals surface area contributed by atoms with Crippen molar-refractivity contribution in [2.75, 3.05) is 36.5 Å². The van der Waals surface area contributed by atoms with Gasteiger partial charge in [-0.2, -0.15) is 10.1 Å². The Morgan fingerprint density at radius 3 is 2.49 bits per heavy atom. The minimum absolute atomic E-state index is 0.678. The monoisotopic (exact) mass is 465 g/mol. The van der Waals surface area contributed by atoms with E-state index in [4.69, 9.17) is 14.7 Å². The van der Waals surface area contributed by atoms with Gasteiger partial charge in [0.15, 0.2) is 0 Å². The molecule has 176 valence electrons. The van der Waals surface area contributed by atoms with Crippen LogP contribution in [-0.2, 0) is 11.8 Å². The highest BCUT2D eigenvalue weighted by atomic mass is 16.5. The molecule has 8 heteroatoms. The third kappa shape index (κ3) is 4.24. The Morgan fingerprint density at radius 2 is 1.71 bits per heavy atom. The fraction of sp³-hybridized carbons (Fsp3) is 0.222. The smallest absolute Gasteiger partial charge is 0.228 e. The van der Waals surface area contributed by atoms with Gasteiger partial charge in [0.25, 0.3) is 0 Å². The van der Waals surface area contributed by atoms with E-state index in [2.05, 4.69) is 68.8 Å². The first-order valence-corrected chi connectivity index (χ1v) is 11.8. The maximum absolute atomic E-state index is 5.54. The van der Waals surface area contributed by atoms with Crippen molar-refractivity contribution >= 4 is 28.4 Å². The molecule has 3 aromatic heterocycles. The molecule has 8 nitrogen and oxygen atoms in total. The van der Waals surface area contributed by atoms with E-state index in [-0.39, 0.29) is 0 Å². The van der Waals surface area contributed by atoms with Gasteiger partial charge in [0.05, 0.1) is 30.1 Å². The van der Waals surface area contributed by atoms with Gasteiger partial charge in [0.2, 0.25) is 5.95 Å². The fourth-order valence-electron chi connectivity index (χ4n) is 4.55. The molecule has 0 amide bonds. The number of ether oxygens (including phenoxy) is 1. The summed E-state index contributed by atoms with van der Waals surface area (Å²) in [6.07, 6.45) is 3.93. The van der Waals surface area contributed by atoms with Crippen molar-refractivity contribution in [3.63, 3.8) is 0 Å². The number of aromatic nitrogens is 5. The summed E-state index contributed by atoms with van der Waals surface area (Å²) in [6, 6.07) is 18.8. The predicted octanol–water partition coefficient (Wildman–Crippen LogP) is 4.91. The van der Waals surface area contributed by atoms with Crippen LogP contribution in [0.2, 0.25) is 0 Å². The van der Waals surface area contributed by atoms with Gasteiger partial charge >= 0.3 is 0 Å². The Hall–Kier alpha value is -4.17. The Kier molecular flexibility index (Phi) is 5.42. The summed E-state index contributed by atoms with van der Waals surface area (Å²) in [5.74, 6) is 1.46. The van der Waals surface area contributed by atoms with Crippen LogP contribution in [0.25, 0.3) is 33.3 Å². The van der Waals surface area contributed by atoms with Crippen LogP contribution in [0.3, 0.4) is 0 Å². The molecule has 1 saturated heterocycles. The highest BCUT2D eigenvalue weighted by Gasteiger charge is 2.17. The zero-order valence-corrected chi connectivity index (χ0v) is 19.8. The number of H-pyrrole nitrogens is 1. The molecule has 2 aromatic carbocycles. The first kappa shape index (κ1) is 21.4. The summed E-state index contributed by atoms with van der Waals surface area (Å²) in [5.41, 5.74) is 7.30. The topological polar surface area (TPSA) is 83.9 Å². The Bertz CT molecular complexity index is 1470. The molecule has 0 atom stereocenters. The summed E-state index contributed by atoms with van der Waals surface area (Å²) in [6.45, 7) is 4.93. The van der Waals surface area contributed by atoms with Crippen molar-refractivity contribution in [1.29, 1.82) is 0 Å². The molecular weight excluding hydrogens is 438 g/mol. The highest BCUT2D eigenvalue weighted by Crippen LogP contribution is 2.29. The van der Waals surface area contributed by atoms with Crippen molar-refractivity contribution in [3.05, 3.63) is 72.7 Å². The molecule has 35 heavy (non-hydrogen) atoms. The average Bonchev–Trinajstić information content (AvgIpc) is 3.53. The number of benzene rings is 2. The van der Waals surface area contributed by atoms with Crippen LogP contribution in [0.15, 0.2) is 67.0 Å². The van der Waals surface area contributed by atoms with Gasteiger partial charge in [-0.05, 0) is 42.3 Å². The standard InChI is InChI=1S/C27H27N7O/c1-18-23-8-5-20(15-25(23)33(2)32-18)24-16-26(31-27(30-24)34-11-13-35-14-12-34)29-22-6-3-19(4-7-22)21-9-10-28-17-21/h3-10,15-17,28H,11-14H2,1-2H3,(H,29,30,31). The van der Waals surface area contributed by atoms with E-state index in [1.165, 1.54) is 0 Å². The predicted molar refractivity (Wildman–Crippen MR) is 139 cm³/mol. The molecule has 0 aliphatic carbocycles. The molecule has 6 rings (SSSR count). The van der Waals surface area contributed by atoms with E-state index >= 15 is 0 Å². The van der Waals surface area contributed by atoms with E-state index in [9.17, 15) is 0 Å². The third-order valence-electron chi connectivity index (χ3n) is 6.43. The van der Waals surface area contributed by atoms with E-state index < -0.39 is 0 Å². The normalized spacial score (nSPS) is 13.9. The molecule has 0 saturated carbocycles. The number of aromatic amines is 1. The molecule has 1 fully saturated rings. The summed E-state index contributed by atoms with van der Waals surface area (Å²) < 4.78 is 7.46. The number of hydrogen-bond donors (Lipinski definition) is 2. The van der Waals surface area contributed by atoms with Gasteiger partial charge in [0.1, 0.15) is 5.82 Å². The number of hydrogen-bond acceptors (Lipinski definition) is 6. The van der Waals surface area contributed by atoms with E-state index in [1.54, 1.807) is 0 Å². The lowest BCUT2D eigenvalue weighted by molar-refractivity contribution is 0.122. The van der Waals surface area contributed by atoms with Gasteiger partial charge in [-0.3, -0.25) is 4.68 Å². The minimum atomic E-state index is 0.678. The van der Waals surface area contributed by atoms with Gasteiger partial charge in [-0.1, -0.05) is 24.3 Å². The van der Waals surface area contributed by atoms with Crippen molar-refractivity contribution in [1.82, 2.24) is 24.7 Å². The van der Waals surface area contributed by atoms with Gasteiger partial charge in [0, 0.05) is 55.2 Å². The second kappa shape index (κ2) is 8.88. The van der Waals surface area contributed by atoms with Crippen LogP contribution < -0.4 is 10.2 Å². The largest absolute Gasteiger partial charge is 0.378 e. The molecule has 1 aliphatic heterocycles. The number of anilines is 3. The van der Waals surface area contributed by atoms with Crippen LogP contribution in [0.5, 0.6) is 0 Å². The molecule has 0 radical (unpaired) electrons. The van der Waals surface area contributed by atoms with Crippen LogP contribution in [-0.4, -0.2) is 51.0 Å². The molecule has 0 spiro atoms. The Labute approximate surface area is 203 Å². The minimum Gasteiger partial charge on any atom is -0.378 e. The zero-order valence-electron chi connectivity index (χ0n) is 19.8.